The Morgan fingerprint density at radius 1 is 1.38 bits per heavy atom. The summed E-state index contributed by atoms with van der Waals surface area (Å²) in [6.45, 7) is 1.90. The highest BCUT2D eigenvalue weighted by atomic mass is 32.2. The van der Waals surface area contributed by atoms with Gasteiger partial charge in [0.25, 0.3) is 11.5 Å². The van der Waals surface area contributed by atoms with Crippen LogP contribution in [0.1, 0.15) is 49.7 Å². The van der Waals surface area contributed by atoms with Gasteiger partial charge in [0, 0.05) is 31.8 Å². The Morgan fingerprint density at radius 2 is 2.10 bits per heavy atom. The van der Waals surface area contributed by atoms with Gasteiger partial charge in [-0.25, -0.2) is 18.7 Å². The van der Waals surface area contributed by atoms with Crippen molar-refractivity contribution in [2.75, 3.05) is 12.4 Å². The summed E-state index contributed by atoms with van der Waals surface area (Å²) >= 11 is 1.39. The van der Waals surface area contributed by atoms with Gasteiger partial charge >= 0.3 is 0 Å². The van der Waals surface area contributed by atoms with Crippen molar-refractivity contribution in [2.45, 2.75) is 38.5 Å². The van der Waals surface area contributed by atoms with E-state index in [0.717, 1.165) is 25.5 Å². The molecule has 6 nitrogen and oxygen atoms in total. The summed E-state index contributed by atoms with van der Waals surface area (Å²) in [6.07, 6.45) is 3.85. The Labute approximate surface area is 172 Å². The summed E-state index contributed by atoms with van der Waals surface area (Å²) in [5, 5.41) is 0.436. The molecule has 29 heavy (non-hydrogen) atoms. The molecule has 0 bridgehead atoms. The molecule has 2 heterocycles. The van der Waals surface area contributed by atoms with Crippen LogP contribution in [0.3, 0.4) is 0 Å². The fraction of sp³-hybridized carbons (Fsp3) is 0.450. The number of hydrogen-bond acceptors (Lipinski definition) is 6. The number of ether oxygens (including phenoxy) is 1. The lowest BCUT2D eigenvalue weighted by Crippen LogP contribution is -2.27. The van der Waals surface area contributed by atoms with Crippen molar-refractivity contribution in [1.29, 1.82) is 0 Å². The molecule has 1 aliphatic rings. The van der Waals surface area contributed by atoms with E-state index in [1.54, 1.807) is 6.20 Å². The van der Waals surface area contributed by atoms with Crippen molar-refractivity contribution >= 4 is 17.3 Å². The molecule has 9 heteroatoms. The molecule has 2 aromatic heterocycles. The minimum Gasteiger partial charge on any atom is -0.472 e. The number of hydrogen-bond donors (Lipinski definition) is 1. The molecule has 0 aromatic carbocycles. The normalized spacial score (nSPS) is 15.2. The number of thioether (sulfide) groups is 1. The van der Waals surface area contributed by atoms with Gasteiger partial charge < -0.3 is 10.5 Å². The lowest BCUT2D eigenvalue weighted by atomic mass is 10.1. The topological polar surface area (TPSA) is 83.0 Å². The van der Waals surface area contributed by atoms with Gasteiger partial charge in [0.15, 0.2) is 18.3 Å². The number of nitrogens with two attached hydrogens (primary N) is 1. The second kappa shape index (κ2) is 8.52. The van der Waals surface area contributed by atoms with Gasteiger partial charge in [0.05, 0.1) is 16.2 Å². The zero-order valence-corrected chi connectivity index (χ0v) is 17.4. The molecule has 0 amide bonds. The number of nitrogens with zero attached hydrogens (tertiary/aromatic N) is 3. The van der Waals surface area contributed by atoms with Gasteiger partial charge in [-0.1, -0.05) is 6.92 Å². The predicted octanol–water partition coefficient (Wildman–Crippen LogP) is 3.52. The molecule has 0 atom stereocenters. The van der Waals surface area contributed by atoms with Crippen molar-refractivity contribution < 1.29 is 13.5 Å². The molecular weight excluding hydrogens is 398 g/mol. The molecule has 0 radical (unpaired) electrons. The Hall–Kier alpha value is -2.42. The van der Waals surface area contributed by atoms with Crippen molar-refractivity contribution in [3.8, 4) is 5.88 Å². The monoisotopic (exact) mass is 422 g/mol. The van der Waals surface area contributed by atoms with Gasteiger partial charge in [-0.15, -0.1) is 11.8 Å². The van der Waals surface area contributed by atoms with E-state index >= 15 is 0 Å². The molecule has 1 aliphatic carbocycles. The third kappa shape index (κ3) is 5.14. The maximum absolute atomic E-state index is 13.1. The fourth-order valence-corrected chi connectivity index (χ4v) is 3.50. The van der Waals surface area contributed by atoms with Crippen LogP contribution < -0.4 is 16.0 Å². The number of pyridine rings is 1. The molecule has 2 N–H and O–H groups in total. The predicted molar refractivity (Wildman–Crippen MR) is 110 cm³/mol. The molecular formula is C20H24F2N4O2S. The minimum atomic E-state index is -3.00. The molecule has 0 aliphatic heterocycles. The molecule has 0 unspecified atom stereocenters. The summed E-state index contributed by atoms with van der Waals surface area (Å²) in [6, 6.07) is 4.88. The van der Waals surface area contributed by atoms with Crippen LogP contribution in [0.15, 0.2) is 34.2 Å². The van der Waals surface area contributed by atoms with Crippen molar-refractivity contribution in [1.82, 2.24) is 14.5 Å². The van der Waals surface area contributed by atoms with Crippen LogP contribution in [0.4, 0.5) is 8.78 Å². The van der Waals surface area contributed by atoms with E-state index in [0.29, 0.717) is 33.7 Å². The zero-order valence-electron chi connectivity index (χ0n) is 16.6. The van der Waals surface area contributed by atoms with Gasteiger partial charge in [0.1, 0.15) is 0 Å². The quantitative estimate of drug-likeness (QED) is 0.701. The molecule has 1 fully saturated rings. The van der Waals surface area contributed by atoms with E-state index in [1.165, 1.54) is 35.5 Å². The third-order valence-electron chi connectivity index (χ3n) is 4.44. The first-order valence-corrected chi connectivity index (χ1v) is 10.4. The smallest absolute Gasteiger partial charge is 0.278 e. The van der Waals surface area contributed by atoms with E-state index in [2.05, 4.69) is 9.97 Å². The average Bonchev–Trinajstić information content (AvgIpc) is 3.50. The lowest BCUT2D eigenvalue weighted by molar-refractivity contribution is -0.0252. The average molecular weight is 423 g/mol. The van der Waals surface area contributed by atoms with E-state index < -0.39 is 18.1 Å². The third-order valence-corrected chi connectivity index (χ3v) is 5.25. The highest BCUT2D eigenvalue weighted by molar-refractivity contribution is 8.03. The van der Waals surface area contributed by atoms with Gasteiger partial charge in [-0.05, 0) is 36.8 Å². The highest BCUT2D eigenvalue weighted by Crippen LogP contribution is 2.39. The van der Waals surface area contributed by atoms with E-state index in [-0.39, 0.29) is 5.88 Å². The first kappa shape index (κ1) is 21.3. The molecule has 3 rings (SSSR count). The first-order valence-electron chi connectivity index (χ1n) is 9.38. The highest BCUT2D eigenvalue weighted by Gasteiger charge is 2.27. The van der Waals surface area contributed by atoms with Crippen molar-refractivity contribution in [3.05, 3.63) is 56.9 Å². The SMILES string of the molecule is CCSC(N)=C(c1nccc(C2CC2)n1)c1ccc(OCC(C)(F)F)n(C)c1=O. The first-order chi connectivity index (χ1) is 13.7. The number of aromatic nitrogens is 3. The summed E-state index contributed by atoms with van der Waals surface area (Å²) < 4.78 is 32.5. The van der Waals surface area contributed by atoms with E-state index in [9.17, 15) is 13.6 Å². The Bertz CT molecular complexity index is 981. The maximum Gasteiger partial charge on any atom is 0.278 e. The standard InChI is InChI=1S/C20H24F2N4O2S/c1-4-29-17(23)16(18-24-10-9-14(25-18)12-5-6-12)13-7-8-15(26(3)19(13)27)28-11-20(2,21)22/h7-10,12H,4-6,11,23H2,1-3H3. The van der Waals surface area contributed by atoms with Crippen LogP contribution in [-0.4, -0.2) is 32.8 Å². The summed E-state index contributed by atoms with van der Waals surface area (Å²) in [4.78, 5) is 22.0. The number of halogens is 2. The Balaban J connectivity index is 2.05. The molecule has 156 valence electrons. The second-order valence-electron chi connectivity index (χ2n) is 7.06. The number of rotatable bonds is 8. The number of alkyl halides is 2. The van der Waals surface area contributed by atoms with Crippen LogP contribution in [0.2, 0.25) is 0 Å². The van der Waals surface area contributed by atoms with Crippen LogP contribution in [-0.2, 0) is 7.05 Å². The lowest BCUT2D eigenvalue weighted by Gasteiger charge is -2.16. The van der Waals surface area contributed by atoms with Crippen LogP contribution in [0.25, 0.3) is 5.57 Å². The van der Waals surface area contributed by atoms with E-state index in [4.69, 9.17) is 10.5 Å². The second-order valence-corrected chi connectivity index (χ2v) is 8.37. The van der Waals surface area contributed by atoms with E-state index in [1.807, 2.05) is 13.0 Å². The van der Waals surface area contributed by atoms with Gasteiger partial charge in [0.2, 0.25) is 0 Å². The summed E-state index contributed by atoms with van der Waals surface area (Å²) in [5.74, 6) is -1.43. The van der Waals surface area contributed by atoms with Crippen LogP contribution in [0.5, 0.6) is 5.88 Å². The largest absolute Gasteiger partial charge is 0.472 e. The fourth-order valence-electron chi connectivity index (χ4n) is 2.84. The summed E-state index contributed by atoms with van der Waals surface area (Å²) in [7, 11) is 1.47. The molecule has 0 saturated heterocycles. The molecule has 1 saturated carbocycles. The molecule has 2 aromatic rings. The zero-order chi connectivity index (χ0) is 21.2. The summed E-state index contributed by atoms with van der Waals surface area (Å²) in [5.41, 5.74) is 7.56. The Morgan fingerprint density at radius 3 is 2.72 bits per heavy atom. The van der Waals surface area contributed by atoms with Gasteiger partial charge in [-0.3, -0.25) is 9.36 Å². The van der Waals surface area contributed by atoms with Gasteiger partial charge in [-0.2, -0.15) is 0 Å². The molecule has 0 spiro atoms. The maximum atomic E-state index is 13.1. The van der Waals surface area contributed by atoms with Crippen molar-refractivity contribution in [2.24, 2.45) is 12.8 Å². The Kier molecular flexibility index (Phi) is 6.26. The van der Waals surface area contributed by atoms with Crippen LogP contribution in [0, 0.1) is 0 Å². The van der Waals surface area contributed by atoms with Crippen LogP contribution >= 0.6 is 11.8 Å². The minimum absolute atomic E-state index is 0.0500. The van der Waals surface area contributed by atoms with Crippen molar-refractivity contribution in [3.63, 3.8) is 0 Å².